The van der Waals surface area contributed by atoms with Gasteiger partial charge in [0.25, 0.3) is 5.91 Å². The highest BCUT2D eigenvalue weighted by molar-refractivity contribution is 6.05. The number of nitrogens with one attached hydrogen (secondary N) is 2. The molecule has 2 heterocycles. The van der Waals surface area contributed by atoms with E-state index in [1.165, 1.54) is 12.1 Å². The van der Waals surface area contributed by atoms with Crippen molar-refractivity contribution in [3.8, 4) is 5.69 Å². The summed E-state index contributed by atoms with van der Waals surface area (Å²) in [5, 5.41) is 10.1. The van der Waals surface area contributed by atoms with Gasteiger partial charge in [-0.3, -0.25) is 14.4 Å². The van der Waals surface area contributed by atoms with Gasteiger partial charge in [0.05, 0.1) is 17.9 Å². The highest BCUT2D eigenvalue weighted by Gasteiger charge is 2.47. The molecule has 1 unspecified atom stereocenters. The summed E-state index contributed by atoms with van der Waals surface area (Å²) in [4.78, 5) is 40.5. The van der Waals surface area contributed by atoms with Gasteiger partial charge in [-0.15, -0.1) is 0 Å². The molecule has 2 N–H and O–H groups in total. The van der Waals surface area contributed by atoms with Crippen LogP contribution in [-0.2, 0) is 15.0 Å². The molecule has 1 aromatic heterocycles. The molecule has 5 rings (SSSR count). The number of hydrogen-bond acceptors (Lipinski definition) is 4. The van der Waals surface area contributed by atoms with Crippen molar-refractivity contribution in [3.63, 3.8) is 0 Å². The number of aromatic nitrogens is 2. The fourth-order valence-electron chi connectivity index (χ4n) is 4.40. The third kappa shape index (κ3) is 4.48. The topological polar surface area (TPSA) is 96.3 Å². The average Bonchev–Trinajstić information content (AvgIpc) is 3.51. The van der Waals surface area contributed by atoms with E-state index in [-0.39, 0.29) is 29.7 Å². The number of benzene rings is 2. The van der Waals surface area contributed by atoms with Crippen molar-refractivity contribution in [2.45, 2.75) is 51.1 Å². The Bertz CT molecular complexity index is 1340. The second-order valence-electron chi connectivity index (χ2n) is 10.3. The van der Waals surface area contributed by atoms with Crippen LogP contribution in [0.5, 0.6) is 0 Å². The first kappa shape index (κ1) is 23.7. The van der Waals surface area contributed by atoms with Gasteiger partial charge in [0.1, 0.15) is 17.7 Å². The number of anilines is 1. The van der Waals surface area contributed by atoms with Crippen LogP contribution in [0.2, 0.25) is 0 Å². The number of halogens is 1. The molecule has 0 saturated heterocycles. The molecule has 3 aromatic rings. The monoisotopic (exact) mass is 489 g/mol. The third-order valence-corrected chi connectivity index (χ3v) is 6.43. The summed E-state index contributed by atoms with van der Waals surface area (Å²) in [6.07, 6.45) is 1.74. The third-order valence-electron chi connectivity index (χ3n) is 6.43. The molecule has 1 aliphatic carbocycles. The van der Waals surface area contributed by atoms with Gasteiger partial charge >= 0.3 is 0 Å². The largest absolute Gasteiger partial charge is 0.345 e. The first-order chi connectivity index (χ1) is 17.1. The molecule has 3 amide bonds. The number of hydrogen-bond donors (Lipinski definition) is 2. The van der Waals surface area contributed by atoms with Gasteiger partial charge in [-0.05, 0) is 48.7 Å². The molecule has 1 saturated carbocycles. The summed E-state index contributed by atoms with van der Waals surface area (Å²) in [5.41, 5.74) is 2.25. The van der Waals surface area contributed by atoms with Crippen LogP contribution in [0.25, 0.3) is 5.69 Å². The number of amides is 3. The summed E-state index contributed by atoms with van der Waals surface area (Å²) < 4.78 is 15.0. The maximum absolute atomic E-state index is 13.4. The van der Waals surface area contributed by atoms with Gasteiger partial charge in [-0.2, -0.15) is 5.10 Å². The number of rotatable bonds is 6. The minimum atomic E-state index is -0.744. The SMILES string of the molecule is CC(C)(C)c1cc(NC(=O)CNC(=O)C2c3ccccc3C(=O)N2C2CC2)n(-c2ccc(F)cc2)n1. The van der Waals surface area contributed by atoms with Crippen molar-refractivity contribution < 1.29 is 18.8 Å². The van der Waals surface area contributed by atoms with Crippen LogP contribution in [-0.4, -0.2) is 45.0 Å². The van der Waals surface area contributed by atoms with Gasteiger partial charge in [0, 0.05) is 23.1 Å². The van der Waals surface area contributed by atoms with E-state index >= 15 is 0 Å². The summed E-state index contributed by atoms with van der Waals surface area (Å²) in [6, 6.07) is 14.0. The zero-order valence-electron chi connectivity index (χ0n) is 20.4. The van der Waals surface area contributed by atoms with Crippen LogP contribution in [0.1, 0.15) is 61.3 Å². The Labute approximate surface area is 208 Å². The lowest BCUT2D eigenvalue weighted by atomic mass is 9.92. The van der Waals surface area contributed by atoms with Gasteiger partial charge < -0.3 is 15.5 Å². The quantitative estimate of drug-likeness (QED) is 0.552. The first-order valence-electron chi connectivity index (χ1n) is 12.0. The lowest BCUT2D eigenvalue weighted by Gasteiger charge is -2.24. The number of nitrogens with zero attached hydrogens (tertiary/aromatic N) is 3. The average molecular weight is 490 g/mol. The molecule has 0 radical (unpaired) electrons. The Morgan fingerprint density at radius 2 is 1.78 bits per heavy atom. The summed E-state index contributed by atoms with van der Waals surface area (Å²) in [5.74, 6) is -0.940. The Kier molecular flexibility index (Phi) is 5.86. The van der Waals surface area contributed by atoms with E-state index in [4.69, 9.17) is 0 Å². The molecular weight excluding hydrogens is 461 g/mol. The Morgan fingerprint density at radius 1 is 1.08 bits per heavy atom. The van der Waals surface area contributed by atoms with Gasteiger partial charge in [-0.1, -0.05) is 39.0 Å². The standard InChI is InChI=1S/C27H28FN5O3/c1-27(2,3)21-14-22(33(31-21)18-10-8-16(28)9-11-18)30-23(34)15-29-25(35)24-19-6-4-5-7-20(19)26(36)32(24)17-12-13-17/h4-11,14,17,24H,12-13,15H2,1-3H3,(H,29,35)(H,30,34). The van der Waals surface area contributed by atoms with Gasteiger partial charge in [0.2, 0.25) is 11.8 Å². The van der Waals surface area contributed by atoms with Crippen LogP contribution in [0.3, 0.4) is 0 Å². The number of carbonyl (C=O) groups excluding carboxylic acids is 3. The van der Waals surface area contributed by atoms with Crippen LogP contribution in [0.4, 0.5) is 10.2 Å². The molecule has 9 heteroatoms. The minimum Gasteiger partial charge on any atom is -0.345 e. The molecule has 1 aliphatic heterocycles. The zero-order chi connectivity index (χ0) is 25.6. The van der Waals surface area contributed by atoms with Crippen molar-refractivity contribution in [1.29, 1.82) is 0 Å². The Morgan fingerprint density at radius 3 is 2.44 bits per heavy atom. The molecule has 8 nitrogen and oxygen atoms in total. The fourth-order valence-corrected chi connectivity index (χ4v) is 4.40. The molecular formula is C27H28FN5O3. The van der Waals surface area contributed by atoms with E-state index in [0.717, 1.165) is 18.5 Å². The molecule has 2 aromatic carbocycles. The van der Waals surface area contributed by atoms with Crippen molar-refractivity contribution in [1.82, 2.24) is 20.0 Å². The van der Waals surface area contributed by atoms with Gasteiger partial charge in [0.15, 0.2) is 0 Å². The molecule has 2 aliphatic rings. The predicted octanol–water partition coefficient (Wildman–Crippen LogP) is 3.72. The minimum absolute atomic E-state index is 0.0513. The second kappa shape index (κ2) is 8.89. The van der Waals surface area contributed by atoms with E-state index in [0.29, 0.717) is 22.6 Å². The highest BCUT2D eigenvalue weighted by Crippen LogP contribution is 2.41. The van der Waals surface area contributed by atoms with Crippen molar-refractivity contribution in [2.24, 2.45) is 0 Å². The van der Waals surface area contributed by atoms with Crippen LogP contribution in [0, 0.1) is 5.82 Å². The van der Waals surface area contributed by atoms with Crippen LogP contribution in [0.15, 0.2) is 54.6 Å². The predicted molar refractivity (Wildman–Crippen MR) is 132 cm³/mol. The number of fused-ring (bicyclic) bond motifs is 1. The van der Waals surface area contributed by atoms with E-state index in [1.807, 2.05) is 20.8 Å². The zero-order valence-corrected chi connectivity index (χ0v) is 20.4. The Balaban J connectivity index is 1.32. The Hall–Kier alpha value is -4.01. The van der Waals surface area contributed by atoms with E-state index in [9.17, 15) is 18.8 Å². The summed E-state index contributed by atoms with van der Waals surface area (Å²) in [6.45, 7) is 5.73. The molecule has 1 atom stereocenters. The van der Waals surface area contributed by atoms with Crippen LogP contribution >= 0.6 is 0 Å². The van der Waals surface area contributed by atoms with Crippen LogP contribution < -0.4 is 10.6 Å². The lowest BCUT2D eigenvalue weighted by molar-refractivity contribution is -0.127. The smallest absolute Gasteiger partial charge is 0.255 e. The molecule has 186 valence electrons. The normalized spacial score (nSPS) is 17.2. The van der Waals surface area contributed by atoms with E-state index in [1.54, 1.807) is 52.0 Å². The maximum Gasteiger partial charge on any atom is 0.255 e. The fraction of sp³-hybridized carbons (Fsp3) is 0.333. The second-order valence-corrected chi connectivity index (χ2v) is 10.3. The molecule has 0 bridgehead atoms. The molecule has 1 fully saturated rings. The van der Waals surface area contributed by atoms with E-state index in [2.05, 4.69) is 15.7 Å². The van der Waals surface area contributed by atoms with E-state index < -0.39 is 17.9 Å². The summed E-state index contributed by atoms with van der Waals surface area (Å²) >= 11 is 0. The lowest BCUT2D eigenvalue weighted by Crippen LogP contribution is -2.42. The van der Waals surface area contributed by atoms with Gasteiger partial charge in [-0.25, -0.2) is 9.07 Å². The summed E-state index contributed by atoms with van der Waals surface area (Å²) in [7, 11) is 0. The molecule has 0 spiro atoms. The highest BCUT2D eigenvalue weighted by atomic mass is 19.1. The molecule has 36 heavy (non-hydrogen) atoms. The van der Waals surface area contributed by atoms with Crippen molar-refractivity contribution >= 4 is 23.5 Å². The number of carbonyl (C=O) groups is 3. The maximum atomic E-state index is 13.4. The van der Waals surface area contributed by atoms with Crippen molar-refractivity contribution in [2.75, 3.05) is 11.9 Å². The first-order valence-corrected chi connectivity index (χ1v) is 12.0. The van der Waals surface area contributed by atoms with Crippen molar-refractivity contribution in [3.05, 3.63) is 77.2 Å².